The largest absolute Gasteiger partial charge is 0.478 e. The molecule has 1 aromatic rings. The predicted octanol–water partition coefficient (Wildman–Crippen LogP) is 2.60. The highest BCUT2D eigenvalue weighted by atomic mass is 35.5. The van der Waals surface area contributed by atoms with Gasteiger partial charge in [0.25, 0.3) is 0 Å². The van der Waals surface area contributed by atoms with Gasteiger partial charge in [0.05, 0.1) is 11.1 Å². The third-order valence-corrected chi connectivity index (χ3v) is 2.20. The van der Waals surface area contributed by atoms with E-state index in [0.29, 0.717) is 0 Å². The van der Waals surface area contributed by atoms with Crippen LogP contribution in [0.25, 0.3) is 0 Å². The zero-order valence-corrected chi connectivity index (χ0v) is 9.04. The predicted molar refractivity (Wildman–Crippen MR) is 54.3 cm³/mol. The highest BCUT2D eigenvalue weighted by Gasteiger charge is 2.17. The minimum absolute atomic E-state index is 0.105. The van der Waals surface area contributed by atoms with Crippen LogP contribution in [0.15, 0.2) is 12.1 Å². The molecule has 0 aliphatic rings. The van der Waals surface area contributed by atoms with Crippen molar-refractivity contribution in [3.05, 3.63) is 28.8 Å². The molecule has 17 heavy (non-hydrogen) atoms. The lowest BCUT2D eigenvalue weighted by Gasteiger charge is -2.10. The number of benzene rings is 1. The standard InChI is InChI=1S/C10H6ClF2NO3/c11-3-5-2-8(17-10(12)13)6(4-14)1-7(5)9(15)16/h1-2,10H,3H2,(H,15,16). The molecule has 0 atom stereocenters. The van der Waals surface area contributed by atoms with Crippen LogP contribution in [-0.2, 0) is 5.88 Å². The number of hydrogen-bond donors (Lipinski definition) is 1. The van der Waals surface area contributed by atoms with E-state index in [9.17, 15) is 13.6 Å². The van der Waals surface area contributed by atoms with Gasteiger partial charge in [0.15, 0.2) is 0 Å². The Balaban J connectivity index is 3.34. The van der Waals surface area contributed by atoms with Crippen molar-refractivity contribution in [2.24, 2.45) is 0 Å². The highest BCUT2D eigenvalue weighted by Crippen LogP contribution is 2.26. The molecule has 0 saturated heterocycles. The van der Waals surface area contributed by atoms with Gasteiger partial charge in [0.2, 0.25) is 0 Å². The van der Waals surface area contributed by atoms with Crippen LogP contribution in [0.3, 0.4) is 0 Å². The Morgan fingerprint density at radius 3 is 2.65 bits per heavy atom. The average molecular weight is 262 g/mol. The molecule has 0 spiro atoms. The Labute approximate surface area is 100.0 Å². The van der Waals surface area contributed by atoms with Gasteiger partial charge in [-0.15, -0.1) is 11.6 Å². The van der Waals surface area contributed by atoms with Gasteiger partial charge in [0, 0.05) is 5.88 Å². The monoisotopic (exact) mass is 261 g/mol. The van der Waals surface area contributed by atoms with E-state index >= 15 is 0 Å². The Bertz CT molecular complexity index is 485. The summed E-state index contributed by atoms with van der Waals surface area (Å²) in [6, 6.07) is 3.57. The topological polar surface area (TPSA) is 70.3 Å². The fraction of sp³-hybridized carbons (Fsp3) is 0.200. The van der Waals surface area contributed by atoms with E-state index in [4.69, 9.17) is 22.0 Å². The molecule has 0 aliphatic carbocycles. The fourth-order valence-corrected chi connectivity index (χ4v) is 1.43. The lowest BCUT2D eigenvalue weighted by molar-refractivity contribution is -0.0500. The van der Waals surface area contributed by atoms with Crippen LogP contribution in [0, 0.1) is 11.3 Å². The number of ether oxygens (including phenoxy) is 1. The quantitative estimate of drug-likeness (QED) is 0.846. The molecule has 0 heterocycles. The fourth-order valence-electron chi connectivity index (χ4n) is 1.21. The van der Waals surface area contributed by atoms with Crippen LogP contribution < -0.4 is 4.74 Å². The van der Waals surface area contributed by atoms with Crippen LogP contribution in [-0.4, -0.2) is 17.7 Å². The molecule has 1 N–H and O–H groups in total. The molecule has 0 amide bonds. The summed E-state index contributed by atoms with van der Waals surface area (Å²) in [4.78, 5) is 10.8. The maximum absolute atomic E-state index is 12.1. The molecule has 0 aromatic heterocycles. The van der Waals surface area contributed by atoms with Crippen LogP contribution >= 0.6 is 11.6 Å². The lowest BCUT2D eigenvalue weighted by atomic mass is 10.0. The van der Waals surface area contributed by atoms with Gasteiger partial charge in [-0.05, 0) is 17.7 Å². The molecule has 0 fully saturated rings. The summed E-state index contributed by atoms with van der Waals surface area (Å²) >= 11 is 5.49. The smallest absolute Gasteiger partial charge is 0.387 e. The van der Waals surface area contributed by atoms with Crippen LogP contribution in [0.2, 0.25) is 0 Å². The second kappa shape index (κ2) is 5.46. The second-order valence-corrected chi connectivity index (χ2v) is 3.20. The van der Waals surface area contributed by atoms with Gasteiger partial charge < -0.3 is 9.84 Å². The maximum atomic E-state index is 12.1. The third-order valence-electron chi connectivity index (χ3n) is 1.92. The number of rotatable bonds is 4. The SMILES string of the molecule is N#Cc1cc(C(=O)O)c(CCl)cc1OC(F)F. The average Bonchev–Trinajstić information content (AvgIpc) is 2.27. The van der Waals surface area contributed by atoms with Crippen LogP contribution in [0.1, 0.15) is 21.5 Å². The first-order valence-electron chi connectivity index (χ1n) is 4.30. The van der Waals surface area contributed by atoms with E-state index < -0.39 is 12.6 Å². The molecular weight excluding hydrogens is 256 g/mol. The summed E-state index contributed by atoms with van der Waals surface area (Å²) in [5, 5.41) is 17.5. The summed E-state index contributed by atoms with van der Waals surface area (Å²) in [6.45, 7) is -3.10. The Hall–Kier alpha value is -1.87. The summed E-state index contributed by atoms with van der Waals surface area (Å²) < 4.78 is 28.2. The zero-order chi connectivity index (χ0) is 13.0. The van der Waals surface area contributed by atoms with Gasteiger partial charge in [0.1, 0.15) is 11.8 Å². The summed E-state index contributed by atoms with van der Waals surface area (Å²) in [5.41, 5.74) is -0.386. The molecule has 0 saturated carbocycles. The summed E-state index contributed by atoms with van der Waals surface area (Å²) in [6.07, 6.45) is 0. The van der Waals surface area contributed by atoms with Gasteiger partial charge in [-0.3, -0.25) is 0 Å². The van der Waals surface area contributed by atoms with E-state index in [-0.39, 0.29) is 28.3 Å². The van der Waals surface area contributed by atoms with Crippen LogP contribution in [0.4, 0.5) is 8.78 Å². The minimum atomic E-state index is -3.10. The van der Waals surface area contributed by atoms with Gasteiger partial charge in [-0.25, -0.2) is 4.79 Å². The second-order valence-electron chi connectivity index (χ2n) is 2.93. The maximum Gasteiger partial charge on any atom is 0.387 e. The number of carboxylic acid groups (broad SMARTS) is 1. The third kappa shape index (κ3) is 3.04. The van der Waals surface area contributed by atoms with Crippen molar-refractivity contribution in [1.82, 2.24) is 0 Å². The molecule has 0 unspecified atom stereocenters. The molecule has 1 aromatic carbocycles. The van der Waals surface area contributed by atoms with Crippen molar-refractivity contribution in [2.75, 3.05) is 0 Å². The lowest BCUT2D eigenvalue weighted by Crippen LogP contribution is -2.07. The zero-order valence-electron chi connectivity index (χ0n) is 8.28. The van der Waals surface area contributed by atoms with Crippen molar-refractivity contribution >= 4 is 17.6 Å². The highest BCUT2D eigenvalue weighted by molar-refractivity contribution is 6.17. The van der Waals surface area contributed by atoms with Gasteiger partial charge in [-0.1, -0.05) is 0 Å². The first kappa shape index (κ1) is 13.2. The number of nitriles is 1. The number of halogens is 3. The van der Waals surface area contributed by atoms with Crippen molar-refractivity contribution in [3.8, 4) is 11.8 Å². The van der Waals surface area contributed by atoms with Gasteiger partial charge in [-0.2, -0.15) is 14.0 Å². The van der Waals surface area contributed by atoms with Crippen molar-refractivity contribution in [1.29, 1.82) is 5.26 Å². The van der Waals surface area contributed by atoms with Crippen molar-refractivity contribution in [2.45, 2.75) is 12.5 Å². The van der Waals surface area contributed by atoms with Crippen molar-refractivity contribution < 1.29 is 23.4 Å². The number of alkyl halides is 3. The van der Waals surface area contributed by atoms with Gasteiger partial charge >= 0.3 is 12.6 Å². The number of carboxylic acids is 1. The summed E-state index contributed by atoms with van der Waals surface area (Å²) in [7, 11) is 0. The molecule has 7 heteroatoms. The normalized spacial score (nSPS) is 10.1. The molecule has 4 nitrogen and oxygen atoms in total. The Kier molecular flexibility index (Phi) is 4.24. The number of nitrogens with zero attached hydrogens (tertiary/aromatic N) is 1. The molecule has 1 rings (SSSR count). The molecular formula is C10H6ClF2NO3. The molecule has 90 valence electrons. The van der Waals surface area contributed by atoms with Crippen LogP contribution in [0.5, 0.6) is 5.75 Å². The number of hydrogen-bond acceptors (Lipinski definition) is 3. The van der Waals surface area contributed by atoms with E-state index in [0.717, 1.165) is 12.1 Å². The number of carbonyl (C=O) groups is 1. The first-order valence-corrected chi connectivity index (χ1v) is 4.84. The Morgan fingerprint density at radius 2 is 2.24 bits per heavy atom. The minimum Gasteiger partial charge on any atom is -0.478 e. The van der Waals surface area contributed by atoms with E-state index in [2.05, 4.69) is 4.74 Å². The molecule has 0 aliphatic heterocycles. The molecule has 0 radical (unpaired) electrons. The first-order chi connectivity index (χ1) is 7.99. The van der Waals surface area contributed by atoms with E-state index in [1.54, 1.807) is 6.07 Å². The molecule has 0 bridgehead atoms. The number of aromatic carboxylic acids is 1. The Morgan fingerprint density at radius 1 is 1.59 bits per heavy atom. The van der Waals surface area contributed by atoms with E-state index in [1.165, 1.54) is 0 Å². The summed E-state index contributed by atoms with van der Waals surface area (Å²) in [5.74, 6) is -1.86. The van der Waals surface area contributed by atoms with Crippen molar-refractivity contribution in [3.63, 3.8) is 0 Å². The van der Waals surface area contributed by atoms with E-state index in [1.807, 2.05) is 0 Å².